The van der Waals surface area contributed by atoms with E-state index in [9.17, 15) is 14.7 Å². The molecule has 1 aromatic carbocycles. The van der Waals surface area contributed by atoms with Crippen LogP contribution in [0.2, 0.25) is 0 Å². The Morgan fingerprint density at radius 2 is 1.95 bits per heavy atom. The molecule has 1 aromatic heterocycles. The predicted octanol–water partition coefficient (Wildman–Crippen LogP) is 2.23. The molecular weight excluding hydrogens is 288 g/mol. The van der Waals surface area contributed by atoms with Gasteiger partial charge in [0.2, 0.25) is 0 Å². The number of carboxylic acid groups (broad SMARTS) is 1. The maximum Gasteiger partial charge on any atom is 0.338 e. The Bertz CT molecular complexity index is 709. The van der Waals surface area contributed by atoms with E-state index in [2.05, 4.69) is 0 Å². The minimum Gasteiger partial charge on any atom is -0.478 e. The number of fused-ring (bicyclic) bond motifs is 1. The van der Waals surface area contributed by atoms with Crippen molar-refractivity contribution in [3.8, 4) is 0 Å². The molecule has 2 heterocycles. The molecule has 1 amide bonds. The Morgan fingerprint density at radius 3 is 2.62 bits per heavy atom. The molecule has 0 bridgehead atoms. The predicted molar refractivity (Wildman–Crippen MR) is 80.6 cm³/mol. The molecule has 0 saturated carbocycles. The van der Waals surface area contributed by atoms with Crippen molar-refractivity contribution in [3.05, 3.63) is 51.9 Å². The number of carbonyl (C=O) groups excluding carboxylic acids is 1. The smallest absolute Gasteiger partial charge is 0.338 e. The Labute approximate surface area is 125 Å². The lowest BCUT2D eigenvalue weighted by Crippen LogP contribution is -2.35. The number of thiophene rings is 1. The van der Waals surface area contributed by atoms with E-state index in [0.717, 1.165) is 10.4 Å². The molecule has 0 unspecified atom stereocenters. The number of nitrogens with zero attached hydrogens (tertiary/aromatic N) is 1. The van der Waals surface area contributed by atoms with Crippen molar-refractivity contribution in [3.63, 3.8) is 0 Å². The number of anilines is 1. The molecule has 2 aromatic rings. The monoisotopic (exact) mass is 302 g/mol. The average Bonchev–Trinajstić information content (AvgIpc) is 2.82. The summed E-state index contributed by atoms with van der Waals surface area (Å²) in [4.78, 5) is 26.3. The first-order valence-electron chi connectivity index (χ1n) is 6.55. The summed E-state index contributed by atoms with van der Waals surface area (Å²) in [7, 11) is 0. The first-order chi connectivity index (χ1) is 10.1. The van der Waals surface area contributed by atoms with Gasteiger partial charge >= 0.3 is 5.97 Å². The van der Waals surface area contributed by atoms with Gasteiger partial charge < -0.3 is 15.7 Å². The van der Waals surface area contributed by atoms with Gasteiger partial charge in [-0.2, -0.15) is 0 Å². The van der Waals surface area contributed by atoms with Gasteiger partial charge in [-0.1, -0.05) is 18.2 Å². The fourth-order valence-corrected chi connectivity index (χ4v) is 3.72. The summed E-state index contributed by atoms with van der Waals surface area (Å²) < 4.78 is 0. The number of aromatic carboxylic acids is 1. The number of hydrogen-bond donors (Lipinski definition) is 2. The maximum absolute atomic E-state index is 12.4. The minimum atomic E-state index is -0.993. The van der Waals surface area contributed by atoms with Crippen molar-refractivity contribution >= 4 is 28.2 Å². The summed E-state index contributed by atoms with van der Waals surface area (Å²) in [6.07, 6.45) is 0.531. The van der Waals surface area contributed by atoms with Crippen molar-refractivity contribution in [2.45, 2.75) is 13.0 Å². The number of nitrogens with two attached hydrogens (primary N) is 1. The molecule has 0 fully saturated rings. The molecule has 0 aliphatic carbocycles. The van der Waals surface area contributed by atoms with Crippen LogP contribution in [0.4, 0.5) is 5.00 Å². The van der Waals surface area contributed by atoms with Gasteiger partial charge in [-0.05, 0) is 24.1 Å². The average molecular weight is 302 g/mol. The van der Waals surface area contributed by atoms with Gasteiger partial charge in [-0.15, -0.1) is 11.3 Å². The number of carbonyl (C=O) groups is 2. The largest absolute Gasteiger partial charge is 0.478 e. The third-order valence-electron chi connectivity index (χ3n) is 3.61. The Morgan fingerprint density at radius 1 is 1.24 bits per heavy atom. The van der Waals surface area contributed by atoms with Crippen LogP contribution in [0.1, 0.15) is 31.2 Å². The molecule has 1 aliphatic rings. The van der Waals surface area contributed by atoms with E-state index in [4.69, 9.17) is 5.73 Å². The highest BCUT2D eigenvalue weighted by atomic mass is 32.1. The number of carboxylic acids is 1. The molecule has 0 saturated heterocycles. The van der Waals surface area contributed by atoms with Crippen LogP contribution in [0.5, 0.6) is 0 Å². The van der Waals surface area contributed by atoms with Crippen LogP contribution in [0.15, 0.2) is 30.3 Å². The van der Waals surface area contributed by atoms with E-state index in [1.54, 1.807) is 17.0 Å². The van der Waals surface area contributed by atoms with Crippen LogP contribution >= 0.6 is 11.3 Å². The van der Waals surface area contributed by atoms with Gasteiger partial charge in [0.15, 0.2) is 0 Å². The number of nitrogen functional groups attached to an aromatic ring is 1. The normalized spacial score (nSPS) is 13.8. The first-order valence-corrected chi connectivity index (χ1v) is 7.37. The SMILES string of the molecule is Nc1sc2c(c1C(=O)O)CCN(C(=O)c1ccccc1)C2. The van der Waals surface area contributed by atoms with Crippen LogP contribution in [0, 0.1) is 0 Å². The highest BCUT2D eigenvalue weighted by molar-refractivity contribution is 7.16. The third-order valence-corrected chi connectivity index (χ3v) is 4.65. The topological polar surface area (TPSA) is 83.6 Å². The van der Waals surface area contributed by atoms with Crippen LogP contribution in [-0.4, -0.2) is 28.4 Å². The molecule has 0 spiro atoms. The van der Waals surface area contributed by atoms with Crippen LogP contribution < -0.4 is 5.73 Å². The molecular formula is C15H14N2O3S. The molecule has 3 N–H and O–H groups in total. The van der Waals surface area contributed by atoms with Crippen molar-refractivity contribution in [1.29, 1.82) is 0 Å². The highest BCUT2D eigenvalue weighted by Gasteiger charge is 2.28. The molecule has 6 heteroatoms. The lowest BCUT2D eigenvalue weighted by molar-refractivity contribution is 0.0696. The number of amides is 1. The van der Waals surface area contributed by atoms with Crippen molar-refractivity contribution in [1.82, 2.24) is 4.90 Å². The van der Waals surface area contributed by atoms with Gasteiger partial charge in [0.1, 0.15) is 5.00 Å². The zero-order chi connectivity index (χ0) is 15.0. The standard InChI is InChI=1S/C15H14N2O3S/c16-13-12(15(19)20)10-6-7-17(8-11(10)21-13)14(18)9-4-2-1-3-5-9/h1-5H,6-8,16H2,(H,19,20). The quantitative estimate of drug-likeness (QED) is 0.891. The second-order valence-electron chi connectivity index (χ2n) is 4.89. The minimum absolute atomic E-state index is 0.0369. The van der Waals surface area contributed by atoms with Crippen molar-refractivity contribution in [2.24, 2.45) is 0 Å². The number of hydrogen-bond acceptors (Lipinski definition) is 4. The summed E-state index contributed by atoms with van der Waals surface area (Å²) in [5, 5.41) is 9.53. The van der Waals surface area contributed by atoms with E-state index in [-0.39, 0.29) is 11.5 Å². The summed E-state index contributed by atoms with van der Waals surface area (Å²) in [6.45, 7) is 0.933. The molecule has 21 heavy (non-hydrogen) atoms. The first kappa shape index (κ1) is 13.6. The fourth-order valence-electron chi connectivity index (χ4n) is 2.60. The Balaban J connectivity index is 1.87. The van der Waals surface area contributed by atoms with Gasteiger partial charge in [0.05, 0.1) is 12.1 Å². The zero-order valence-electron chi connectivity index (χ0n) is 11.2. The lowest BCUT2D eigenvalue weighted by atomic mass is 10.0. The van der Waals surface area contributed by atoms with E-state index in [1.165, 1.54) is 11.3 Å². The van der Waals surface area contributed by atoms with Gasteiger partial charge in [-0.3, -0.25) is 4.79 Å². The fraction of sp³-hybridized carbons (Fsp3) is 0.200. The van der Waals surface area contributed by atoms with Crippen molar-refractivity contribution in [2.75, 3.05) is 12.3 Å². The molecule has 3 rings (SSSR count). The van der Waals surface area contributed by atoms with Gasteiger partial charge in [-0.25, -0.2) is 4.79 Å². The summed E-state index contributed by atoms with van der Waals surface area (Å²) in [5.41, 5.74) is 7.42. The highest BCUT2D eigenvalue weighted by Crippen LogP contribution is 2.35. The lowest BCUT2D eigenvalue weighted by Gasteiger charge is -2.27. The second-order valence-corrected chi connectivity index (χ2v) is 6.03. The molecule has 1 aliphatic heterocycles. The van der Waals surface area contributed by atoms with E-state index >= 15 is 0 Å². The summed E-state index contributed by atoms with van der Waals surface area (Å²) in [5.74, 6) is -1.03. The van der Waals surface area contributed by atoms with E-state index in [0.29, 0.717) is 30.1 Å². The van der Waals surface area contributed by atoms with Gasteiger partial charge in [0, 0.05) is 17.0 Å². The molecule has 108 valence electrons. The third kappa shape index (κ3) is 2.38. The maximum atomic E-state index is 12.4. The van der Waals surface area contributed by atoms with Crippen molar-refractivity contribution < 1.29 is 14.7 Å². The summed E-state index contributed by atoms with van der Waals surface area (Å²) >= 11 is 1.26. The second kappa shape index (κ2) is 5.21. The van der Waals surface area contributed by atoms with E-state index in [1.807, 2.05) is 18.2 Å². The zero-order valence-corrected chi connectivity index (χ0v) is 12.0. The Kier molecular flexibility index (Phi) is 3.39. The number of rotatable bonds is 2. The van der Waals surface area contributed by atoms with Crippen LogP contribution in [0.25, 0.3) is 0 Å². The van der Waals surface area contributed by atoms with Crippen LogP contribution in [0.3, 0.4) is 0 Å². The summed E-state index contributed by atoms with van der Waals surface area (Å²) in [6, 6.07) is 9.08. The molecule has 0 radical (unpaired) electrons. The molecule has 5 nitrogen and oxygen atoms in total. The van der Waals surface area contributed by atoms with Gasteiger partial charge in [0.25, 0.3) is 5.91 Å². The molecule has 0 atom stereocenters. The van der Waals surface area contributed by atoms with Crippen LogP contribution in [-0.2, 0) is 13.0 Å². The Hall–Kier alpha value is -2.34. The number of benzene rings is 1. The van der Waals surface area contributed by atoms with E-state index < -0.39 is 5.97 Å².